The number of hydrogen-bond donors (Lipinski definition) is 0. The van der Waals surface area contributed by atoms with Crippen molar-refractivity contribution in [3.8, 4) is 0 Å². The van der Waals surface area contributed by atoms with Gasteiger partial charge in [0.2, 0.25) is 11.8 Å². The molecule has 0 aromatic carbocycles. The summed E-state index contributed by atoms with van der Waals surface area (Å²) in [4.78, 5) is 28.9. The topological polar surface area (TPSA) is 58.4 Å². The molecule has 25 heavy (non-hydrogen) atoms. The minimum absolute atomic E-state index is 0.186. The molecule has 138 valence electrons. The third kappa shape index (κ3) is 4.83. The van der Waals surface area contributed by atoms with Crippen LogP contribution in [-0.4, -0.2) is 57.6 Å². The Bertz CT molecular complexity index is 592. The lowest BCUT2D eigenvalue weighted by molar-refractivity contribution is -0.134. The first-order chi connectivity index (χ1) is 12.1. The van der Waals surface area contributed by atoms with Gasteiger partial charge in [-0.1, -0.05) is 12.8 Å². The van der Waals surface area contributed by atoms with Gasteiger partial charge in [0.1, 0.15) is 0 Å². The molecule has 6 nitrogen and oxygen atoms in total. The molecule has 0 N–H and O–H groups in total. The zero-order valence-corrected chi connectivity index (χ0v) is 15.3. The van der Waals surface area contributed by atoms with Gasteiger partial charge >= 0.3 is 0 Å². The molecule has 2 heterocycles. The lowest BCUT2D eigenvalue weighted by Gasteiger charge is -2.23. The minimum atomic E-state index is 0.186. The Balaban J connectivity index is 1.44. The Morgan fingerprint density at radius 1 is 1.04 bits per heavy atom. The maximum absolute atomic E-state index is 12.5. The van der Waals surface area contributed by atoms with Crippen LogP contribution in [0.5, 0.6) is 0 Å². The van der Waals surface area contributed by atoms with Crippen molar-refractivity contribution in [2.45, 2.75) is 51.4 Å². The predicted octanol–water partition coefficient (Wildman–Crippen LogP) is 1.99. The third-order valence-corrected chi connectivity index (χ3v) is 5.66. The van der Waals surface area contributed by atoms with Gasteiger partial charge in [-0.15, -0.1) is 0 Å². The molecule has 1 aromatic rings. The van der Waals surface area contributed by atoms with Gasteiger partial charge in [-0.3, -0.25) is 14.3 Å². The van der Waals surface area contributed by atoms with E-state index in [0.717, 1.165) is 31.6 Å². The fourth-order valence-electron chi connectivity index (χ4n) is 4.05. The molecule has 0 radical (unpaired) electrons. The van der Waals surface area contributed by atoms with Gasteiger partial charge in [0.15, 0.2) is 0 Å². The van der Waals surface area contributed by atoms with Crippen molar-refractivity contribution in [3.63, 3.8) is 0 Å². The van der Waals surface area contributed by atoms with Gasteiger partial charge in [0.05, 0.1) is 0 Å². The average Bonchev–Trinajstić information content (AvgIpc) is 3.18. The van der Waals surface area contributed by atoms with Gasteiger partial charge in [0, 0.05) is 58.0 Å². The van der Waals surface area contributed by atoms with Gasteiger partial charge < -0.3 is 9.80 Å². The van der Waals surface area contributed by atoms with Crippen LogP contribution in [0.4, 0.5) is 0 Å². The van der Waals surface area contributed by atoms with E-state index in [1.54, 1.807) is 6.20 Å². The highest BCUT2D eigenvalue weighted by molar-refractivity contribution is 5.78. The Kier molecular flexibility index (Phi) is 6.10. The summed E-state index contributed by atoms with van der Waals surface area (Å²) in [7, 11) is 1.90. The van der Waals surface area contributed by atoms with Crippen LogP contribution in [0.15, 0.2) is 12.3 Å². The van der Waals surface area contributed by atoms with Crippen LogP contribution in [0.3, 0.4) is 0 Å². The Morgan fingerprint density at radius 3 is 2.36 bits per heavy atom. The Labute approximate surface area is 150 Å². The number of aryl methyl sites for hydroxylation is 2. The fourth-order valence-corrected chi connectivity index (χ4v) is 4.05. The normalized spacial score (nSPS) is 19.2. The zero-order valence-electron chi connectivity index (χ0n) is 15.3. The standard InChI is InChI=1S/C19H30N4O2/c1-21-17(9-10-20-21)7-8-18(24)22-11-4-12-23(14-13-22)19(25)15-16-5-2-3-6-16/h9-10,16H,2-8,11-15H2,1H3. The lowest BCUT2D eigenvalue weighted by Crippen LogP contribution is -2.37. The second kappa shape index (κ2) is 8.50. The van der Waals surface area contributed by atoms with Crippen LogP contribution in [0.25, 0.3) is 0 Å². The number of aromatic nitrogens is 2. The van der Waals surface area contributed by atoms with E-state index < -0.39 is 0 Å². The molecule has 1 saturated carbocycles. The molecule has 0 unspecified atom stereocenters. The fraction of sp³-hybridized carbons (Fsp3) is 0.737. The number of carbonyl (C=O) groups is 2. The highest BCUT2D eigenvalue weighted by Gasteiger charge is 2.25. The van der Waals surface area contributed by atoms with E-state index in [9.17, 15) is 9.59 Å². The molecule has 3 rings (SSSR count). The van der Waals surface area contributed by atoms with E-state index in [2.05, 4.69) is 5.10 Å². The van der Waals surface area contributed by atoms with E-state index in [-0.39, 0.29) is 11.8 Å². The number of amides is 2. The van der Waals surface area contributed by atoms with E-state index in [1.165, 1.54) is 25.7 Å². The van der Waals surface area contributed by atoms with Gasteiger partial charge in [0.25, 0.3) is 0 Å². The highest BCUT2D eigenvalue weighted by atomic mass is 16.2. The number of carbonyl (C=O) groups excluding carboxylic acids is 2. The second-order valence-electron chi connectivity index (χ2n) is 7.42. The Hall–Kier alpha value is -1.85. The monoisotopic (exact) mass is 346 g/mol. The molecular weight excluding hydrogens is 316 g/mol. The van der Waals surface area contributed by atoms with Crippen molar-refractivity contribution >= 4 is 11.8 Å². The van der Waals surface area contributed by atoms with E-state index in [0.29, 0.717) is 31.8 Å². The van der Waals surface area contributed by atoms with Crippen molar-refractivity contribution in [1.82, 2.24) is 19.6 Å². The summed E-state index contributed by atoms with van der Waals surface area (Å²) in [5.41, 5.74) is 1.08. The van der Waals surface area contributed by atoms with Crippen molar-refractivity contribution in [1.29, 1.82) is 0 Å². The zero-order chi connectivity index (χ0) is 17.6. The van der Waals surface area contributed by atoms with Crippen molar-refractivity contribution < 1.29 is 9.59 Å². The summed E-state index contributed by atoms with van der Waals surface area (Å²) in [6.45, 7) is 2.90. The first-order valence-corrected chi connectivity index (χ1v) is 9.66. The molecule has 6 heteroatoms. The molecule has 1 saturated heterocycles. The van der Waals surface area contributed by atoms with Crippen molar-refractivity contribution in [2.24, 2.45) is 13.0 Å². The maximum Gasteiger partial charge on any atom is 0.223 e. The molecule has 0 spiro atoms. The Morgan fingerprint density at radius 2 is 1.72 bits per heavy atom. The molecule has 0 atom stereocenters. The lowest BCUT2D eigenvalue weighted by atomic mass is 10.0. The molecule has 2 amide bonds. The van der Waals surface area contributed by atoms with Crippen LogP contribution in [0.2, 0.25) is 0 Å². The van der Waals surface area contributed by atoms with Crippen LogP contribution >= 0.6 is 0 Å². The third-order valence-electron chi connectivity index (χ3n) is 5.66. The molecule has 1 aromatic heterocycles. The van der Waals surface area contributed by atoms with Crippen LogP contribution in [-0.2, 0) is 23.1 Å². The molecule has 1 aliphatic carbocycles. The highest BCUT2D eigenvalue weighted by Crippen LogP contribution is 2.28. The summed E-state index contributed by atoms with van der Waals surface area (Å²) in [5, 5.41) is 4.14. The van der Waals surface area contributed by atoms with Crippen LogP contribution in [0.1, 0.15) is 50.6 Å². The van der Waals surface area contributed by atoms with Crippen molar-refractivity contribution in [3.05, 3.63) is 18.0 Å². The summed E-state index contributed by atoms with van der Waals surface area (Å²) in [6, 6.07) is 1.96. The molecular formula is C19H30N4O2. The first kappa shape index (κ1) is 18.0. The SMILES string of the molecule is Cn1nccc1CCC(=O)N1CCCN(C(=O)CC2CCCC2)CC1. The smallest absolute Gasteiger partial charge is 0.223 e. The molecule has 2 fully saturated rings. The van der Waals surface area contributed by atoms with Crippen molar-refractivity contribution in [2.75, 3.05) is 26.2 Å². The quantitative estimate of drug-likeness (QED) is 0.819. The molecule has 0 bridgehead atoms. The molecule has 2 aliphatic rings. The van der Waals surface area contributed by atoms with Gasteiger partial charge in [-0.2, -0.15) is 5.10 Å². The average molecular weight is 346 g/mol. The van der Waals surface area contributed by atoms with Crippen LogP contribution < -0.4 is 0 Å². The minimum Gasteiger partial charge on any atom is -0.341 e. The second-order valence-corrected chi connectivity index (χ2v) is 7.42. The first-order valence-electron chi connectivity index (χ1n) is 9.66. The van der Waals surface area contributed by atoms with E-state index in [4.69, 9.17) is 0 Å². The summed E-state index contributed by atoms with van der Waals surface area (Å²) in [5.74, 6) is 1.06. The summed E-state index contributed by atoms with van der Waals surface area (Å²) >= 11 is 0. The predicted molar refractivity (Wildman–Crippen MR) is 95.9 cm³/mol. The summed E-state index contributed by atoms with van der Waals surface area (Å²) in [6.07, 6.45) is 9.54. The molecule has 1 aliphatic heterocycles. The van der Waals surface area contributed by atoms with E-state index in [1.807, 2.05) is 27.6 Å². The number of hydrogen-bond acceptors (Lipinski definition) is 3. The van der Waals surface area contributed by atoms with Crippen LogP contribution in [0, 0.1) is 5.92 Å². The largest absolute Gasteiger partial charge is 0.341 e. The number of nitrogens with zero attached hydrogens (tertiary/aromatic N) is 4. The summed E-state index contributed by atoms with van der Waals surface area (Å²) < 4.78 is 1.82. The van der Waals surface area contributed by atoms with Gasteiger partial charge in [-0.25, -0.2) is 0 Å². The maximum atomic E-state index is 12.5. The number of rotatable bonds is 5. The van der Waals surface area contributed by atoms with Gasteiger partial charge in [-0.05, 0) is 37.7 Å². The van der Waals surface area contributed by atoms with E-state index >= 15 is 0 Å².